The molecule has 0 saturated carbocycles. The topological polar surface area (TPSA) is 79.1 Å². The summed E-state index contributed by atoms with van der Waals surface area (Å²) in [5, 5.41) is 5.77. The lowest BCUT2D eigenvalue weighted by molar-refractivity contribution is -0.143. The van der Waals surface area contributed by atoms with E-state index in [0.29, 0.717) is 19.6 Å². The van der Waals surface area contributed by atoms with E-state index in [-0.39, 0.29) is 18.4 Å². The summed E-state index contributed by atoms with van der Waals surface area (Å²) in [4.78, 5) is 22.6. The maximum atomic E-state index is 12.2. The van der Waals surface area contributed by atoms with E-state index in [1.54, 1.807) is 18.4 Å². The zero-order valence-corrected chi connectivity index (χ0v) is 19.3. The van der Waals surface area contributed by atoms with Gasteiger partial charge in [-0.25, -0.2) is 4.98 Å². The van der Waals surface area contributed by atoms with Gasteiger partial charge in [0.25, 0.3) is 0 Å². The Balaban J connectivity index is 1.63. The van der Waals surface area contributed by atoms with Gasteiger partial charge in [-0.05, 0) is 45.7 Å². The van der Waals surface area contributed by atoms with Gasteiger partial charge in [0.15, 0.2) is 0 Å². The third-order valence-electron chi connectivity index (χ3n) is 5.30. The van der Waals surface area contributed by atoms with Crippen LogP contribution in [-0.4, -0.2) is 46.0 Å². The van der Waals surface area contributed by atoms with Gasteiger partial charge in [0.2, 0.25) is 0 Å². The fourth-order valence-corrected chi connectivity index (χ4v) is 4.96. The van der Waals surface area contributed by atoms with Gasteiger partial charge in [-0.1, -0.05) is 0 Å². The number of ether oxygens (including phenoxy) is 2. The maximum Gasteiger partial charge on any atom is 0.312 e. The summed E-state index contributed by atoms with van der Waals surface area (Å²) in [6.45, 7) is 7.21. The molecule has 3 aromatic heterocycles. The van der Waals surface area contributed by atoms with Crippen LogP contribution in [0.1, 0.15) is 48.3 Å². The molecule has 0 saturated heterocycles. The van der Waals surface area contributed by atoms with E-state index < -0.39 is 0 Å². The molecule has 164 valence electrons. The average Bonchev–Trinajstić information content (AvgIpc) is 3.32. The monoisotopic (exact) mass is 440 g/mol. The number of rotatable bonds is 8. The minimum Gasteiger partial charge on any atom is -0.465 e. The molecule has 0 fully saturated rings. The SMILES string of the molecule is COCCCOC(=O)Cc1nc2c(s1)-c1c(c(-c3ccc(C)nc3)nn1C(C)C)CC2. The molecule has 1 aliphatic carbocycles. The van der Waals surface area contributed by atoms with Crippen LogP contribution >= 0.6 is 11.3 Å². The first-order chi connectivity index (χ1) is 15.0. The number of aromatic nitrogens is 4. The minimum atomic E-state index is -0.244. The largest absolute Gasteiger partial charge is 0.465 e. The van der Waals surface area contributed by atoms with Crippen molar-refractivity contribution in [1.29, 1.82) is 0 Å². The van der Waals surface area contributed by atoms with E-state index in [2.05, 4.69) is 29.6 Å². The van der Waals surface area contributed by atoms with Crippen LogP contribution in [0.5, 0.6) is 0 Å². The van der Waals surface area contributed by atoms with Crippen molar-refractivity contribution in [3.63, 3.8) is 0 Å². The fraction of sp³-hybridized carbons (Fsp3) is 0.478. The van der Waals surface area contributed by atoms with Crippen LogP contribution in [0.3, 0.4) is 0 Å². The maximum absolute atomic E-state index is 12.2. The molecule has 31 heavy (non-hydrogen) atoms. The van der Waals surface area contributed by atoms with Gasteiger partial charge in [0, 0.05) is 49.2 Å². The lowest BCUT2D eigenvalue weighted by Gasteiger charge is -2.16. The van der Waals surface area contributed by atoms with Gasteiger partial charge in [0.05, 0.1) is 35.0 Å². The summed E-state index contributed by atoms with van der Waals surface area (Å²) in [5.74, 6) is -0.244. The minimum absolute atomic E-state index is 0.199. The molecule has 0 aliphatic heterocycles. The van der Waals surface area contributed by atoms with Crippen LogP contribution in [0, 0.1) is 6.92 Å². The van der Waals surface area contributed by atoms with Gasteiger partial charge < -0.3 is 9.47 Å². The van der Waals surface area contributed by atoms with Crippen LogP contribution < -0.4 is 0 Å². The Hall–Kier alpha value is -2.58. The Morgan fingerprint density at radius 1 is 1.26 bits per heavy atom. The molecular weight excluding hydrogens is 412 g/mol. The van der Waals surface area contributed by atoms with Crippen molar-refractivity contribution in [2.75, 3.05) is 20.3 Å². The molecule has 0 amide bonds. The molecule has 0 bridgehead atoms. The molecule has 4 rings (SSSR count). The van der Waals surface area contributed by atoms with Crippen molar-refractivity contribution in [1.82, 2.24) is 19.7 Å². The van der Waals surface area contributed by atoms with Gasteiger partial charge in [0.1, 0.15) is 5.01 Å². The van der Waals surface area contributed by atoms with Crippen molar-refractivity contribution >= 4 is 17.3 Å². The summed E-state index contributed by atoms with van der Waals surface area (Å²) in [6, 6.07) is 4.32. The number of esters is 1. The van der Waals surface area contributed by atoms with Crippen LogP contribution in [-0.2, 0) is 33.5 Å². The number of aryl methyl sites for hydroxylation is 2. The fourth-order valence-electron chi connectivity index (χ4n) is 3.80. The molecule has 0 atom stereocenters. The van der Waals surface area contributed by atoms with E-state index >= 15 is 0 Å². The van der Waals surface area contributed by atoms with E-state index in [1.165, 1.54) is 5.56 Å². The quantitative estimate of drug-likeness (QED) is 0.386. The number of fused-ring (bicyclic) bond motifs is 3. The summed E-state index contributed by atoms with van der Waals surface area (Å²) >= 11 is 1.58. The third kappa shape index (κ3) is 4.55. The molecular formula is C23H28N4O3S. The van der Waals surface area contributed by atoms with Crippen LogP contribution in [0.2, 0.25) is 0 Å². The Morgan fingerprint density at radius 2 is 2.10 bits per heavy atom. The van der Waals surface area contributed by atoms with Crippen LogP contribution in [0.4, 0.5) is 0 Å². The Bertz CT molecular complexity index is 1070. The first-order valence-corrected chi connectivity index (χ1v) is 11.5. The van der Waals surface area contributed by atoms with Gasteiger partial charge in [-0.2, -0.15) is 5.10 Å². The summed E-state index contributed by atoms with van der Waals surface area (Å²) in [5.41, 5.74) is 6.44. The molecule has 1 aliphatic rings. The molecule has 8 heteroatoms. The number of thiazole rings is 1. The number of carbonyl (C=O) groups excluding carboxylic acids is 1. The number of hydrogen-bond donors (Lipinski definition) is 0. The smallest absolute Gasteiger partial charge is 0.312 e. The number of carbonyl (C=O) groups is 1. The highest BCUT2D eigenvalue weighted by Gasteiger charge is 2.30. The van der Waals surface area contributed by atoms with Gasteiger partial charge >= 0.3 is 5.97 Å². The normalized spacial score (nSPS) is 12.7. The lowest BCUT2D eigenvalue weighted by Crippen LogP contribution is -2.10. The second-order valence-electron chi connectivity index (χ2n) is 8.03. The first kappa shape index (κ1) is 21.6. The Kier molecular flexibility index (Phi) is 6.48. The zero-order chi connectivity index (χ0) is 22.0. The average molecular weight is 441 g/mol. The van der Waals surface area contributed by atoms with E-state index in [0.717, 1.165) is 51.1 Å². The molecule has 0 radical (unpaired) electrons. The second kappa shape index (κ2) is 9.28. The number of hydrogen-bond acceptors (Lipinski definition) is 7. The highest BCUT2D eigenvalue weighted by molar-refractivity contribution is 7.15. The van der Waals surface area contributed by atoms with Crippen molar-refractivity contribution in [2.24, 2.45) is 0 Å². The Labute approximate surface area is 186 Å². The first-order valence-electron chi connectivity index (χ1n) is 10.7. The standard InChI is InChI=1S/C23H28N4O3S/c1-14(2)27-22-17(21(26-27)16-7-6-15(3)24-13-16)8-9-18-23(22)31-19(25-18)12-20(28)30-11-5-10-29-4/h6-7,13-14H,5,8-12H2,1-4H3. The van der Waals surface area contributed by atoms with E-state index in [9.17, 15) is 4.79 Å². The Morgan fingerprint density at radius 3 is 2.81 bits per heavy atom. The molecule has 0 spiro atoms. The molecule has 3 heterocycles. The van der Waals surface area contributed by atoms with Crippen molar-refractivity contribution in [3.8, 4) is 21.8 Å². The number of methoxy groups -OCH3 is 1. The van der Waals surface area contributed by atoms with Gasteiger partial charge in [-0.3, -0.25) is 14.5 Å². The van der Waals surface area contributed by atoms with Crippen molar-refractivity contribution < 1.29 is 14.3 Å². The second-order valence-corrected chi connectivity index (χ2v) is 9.11. The molecule has 0 unspecified atom stereocenters. The lowest BCUT2D eigenvalue weighted by atomic mass is 9.95. The molecule has 0 N–H and O–H groups in total. The van der Waals surface area contributed by atoms with Gasteiger partial charge in [-0.15, -0.1) is 11.3 Å². The summed E-state index contributed by atoms with van der Waals surface area (Å²) < 4.78 is 12.4. The number of pyridine rings is 1. The predicted octanol–water partition coefficient (Wildman–Crippen LogP) is 4.18. The third-order valence-corrected chi connectivity index (χ3v) is 6.41. The molecule has 3 aromatic rings. The zero-order valence-electron chi connectivity index (χ0n) is 18.5. The van der Waals surface area contributed by atoms with E-state index in [1.807, 2.05) is 19.2 Å². The van der Waals surface area contributed by atoms with Crippen molar-refractivity contribution in [2.45, 2.75) is 52.5 Å². The molecule has 7 nitrogen and oxygen atoms in total. The predicted molar refractivity (Wildman–Crippen MR) is 120 cm³/mol. The summed E-state index contributed by atoms with van der Waals surface area (Å²) in [6.07, 6.45) is 4.52. The number of nitrogens with zero attached hydrogens (tertiary/aromatic N) is 4. The van der Waals surface area contributed by atoms with Crippen LogP contribution in [0.15, 0.2) is 18.3 Å². The summed E-state index contributed by atoms with van der Waals surface area (Å²) in [7, 11) is 1.64. The van der Waals surface area contributed by atoms with Crippen LogP contribution in [0.25, 0.3) is 21.8 Å². The highest BCUT2D eigenvalue weighted by atomic mass is 32.1. The highest BCUT2D eigenvalue weighted by Crippen LogP contribution is 2.42. The molecule has 0 aromatic carbocycles. The van der Waals surface area contributed by atoms with E-state index in [4.69, 9.17) is 19.6 Å². The van der Waals surface area contributed by atoms with Crippen molar-refractivity contribution in [3.05, 3.63) is 40.3 Å².